The average Bonchev–Trinajstić information content (AvgIpc) is 3.18. The van der Waals surface area contributed by atoms with Crippen molar-refractivity contribution in [3.05, 3.63) is 63.8 Å². The smallest absolute Gasteiger partial charge is 0.308 e. The molecular weight excluding hydrogens is 406 g/mol. The molecule has 2 amide bonds. The van der Waals surface area contributed by atoms with Crippen LogP contribution in [0.25, 0.3) is 10.9 Å². The van der Waals surface area contributed by atoms with E-state index in [-0.39, 0.29) is 30.0 Å². The maximum Gasteiger partial charge on any atom is 0.308 e. The summed E-state index contributed by atoms with van der Waals surface area (Å²) in [5.74, 6) is -1.76. The van der Waals surface area contributed by atoms with Crippen LogP contribution in [0, 0.1) is 17.0 Å². The van der Waals surface area contributed by atoms with Gasteiger partial charge in [0, 0.05) is 24.1 Å². The molecule has 0 saturated heterocycles. The molecule has 0 aliphatic rings. The first-order valence-electron chi connectivity index (χ1n) is 9.27. The van der Waals surface area contributed by atoms with Gasteiger partial charge < -0.3 is 15.4 Å². The number of fused-ring (bicyclic) bond motifs is 1. The monoisotopic (exact) mass is 425 g/mol. The van der Waals surface area contributed by atoms with Crippen LogP contribution in [0.3, 0.4) is 0 Å². The maximum absolute atomic E-state index is 12.2. The molecule has 0 bridgehead atoms. The van der Waals surface area contributed by atoms with Crippen molar-refractivity contribution in [2.45, 2.75) is 13.3 Å². The molecule has 0 spiro atoms. The number of hydrogen-bond acceptors (Lipinski definition) is 7. The van der Waals surface area contributed by atoms with Gasteiger partial charge in [0.2, 0.25) is 0 Å². The Bertz CT molecular complexity index is 1160. The third-order valence-corrected chi connectivity index (χ3v) is 4.37. The van der Waals surface area contributed by atoms with Crippen molar-refractivity contribution in [1.82, 2.24) is 15.5 Å². The highest BCUT2D eigenvalue weighted by Crippen LogP contribution is 2.21. The summed E-state index contributed by atoms with van der Waals surface area (Å²) in [6.07, 6.45) is -0.142. The summed E-state index contributed by atoms with van der Waals surface area (Å²) in [6, 6.07) is 11.2. The summed E-state index contributed by atoms with van der Waals surface area (Å²) < 4.78 is 4.88. The van der Waals surface area contributed by atoms with E-state index in [0.717, 1.165) is 5.52 Å². The SMILES string of the molecule is Cc1ccc([N+](=O)[O-])cc1NC(=O)COC(=O)CCNC(=O)c1n[nH]c2ccccc12. The van der Waals surface area contributed by atoms with Crippen LogP contribution >= 0.6 is 0 Å². The maximum atomic E-state index is 12.2. The molecular formula is C20H19N5O6. The van der Waals surface area contributed by atoms with Crippen LogP contribution in [-0.2, 0) is 14.3 Å². The minimum absolute atomic E-state index is 0.00443. The van der Waals surface area contributed by atoms with E-state index in [0.29, 0.717) is 10.9 Å². The second kappa shape index (κ2) is 9.48. The van der Waals surface area contributed by atoms with Crippen molar-refractivity contribution in [1.29, 1.82) is 0 Å². The third-order valence-electron chi connectivity index (χ3n) is 4.37. The number of esters is 1. The number of nitro benzene ring substituents is 1. The van der Waals surface area contributed by atoms with Crippen LogP contribution in [0.4, 0.5) is 11.4 Å². The molecule has 3 N–H and O–H groups in total. The Hall–Kier alpha value is -4.28. The molecule has 1 aromatic heterocycles. The standard InChI is InChI=1S/C20H19N5O6/c1-12-6-7-13(25(29)30)10-16(12)22-17(26)11-31-18(27)8-9-21-20(28)19-14-4-2-3-5-15(14)23-24-19/h2-7,10H,8-9,11H2,1H3,(H,21,28)(H,22,26)(H,23,24). The van der Waals surface area contributed by atoms with Crippen molar-refractivity contribution in [2.24, 2.45) is 0 Å². The van der Waals surface area contributed by atoms with Gasteiger partial charge in [-0.1, -0.05) is 24.3 Å². The van der Waals surface area contributed by atoms with Crippen LogP contribution in [-0.4, -0.2) is 46.1 Å². The molecule has 3 rings (SSSR count). The Morgan fingerprint density at radius 2 is 1.97 bits per heavy atom. The number of H-pyrrole nitrogens is 1. The molecule has 0 aliphatic heterocycles. The number of hydrogen-bond donors (Lipinski definition) is 3. The number of para-hydroxylation sites is 1. The molecule has 0 unspecified atom stereocenters. The summed E-state index contributed by atoms with van der Waals surface area (Å²) in [4.78, 5) is 46.3. The van der Waals surface area contributed by atoms with E-state index in [4.69, 9.17) is 4.74 Å². The number of rotatable bonds is 8. The van der Waals surface area contributed by atoms with Crippen molar-refractivity contribution in [3.63, 3.8) is 0 Å². The highest BCUT2D eigenvalue weighted by Gasteiger charge is 2.15. The molecule has 0 saturated carbocycles. The summed E-state index contributed by atoms with van der Waals surface area (Å²) in [7, 11) is 0. The van der Waals surface area contributed by atoms with Crippen molar-refractivity contribution >= 4 is 40.1 Å². The number of carbonyl (C=O) groups is 3. The molecule has 31 heavy (non-hydrogen) atoms. The number of aryl methyl sites for hydroxylation is 1. The van der Waals surface area contributed by atoms with E-state index < -0.39 is 29.3 Å². The first-order chi connectivity index (χ1) is 14.8. The molecule has 160 valence electrons. The van der Waals surface area contributed by atoms with Gasteiger partial charge in [-0.15, -0.1) is 0 Å². The summed E-state index contributed by atoms with van der Waals surface area (Å²) >= 11 is 0. The second-order valence-electron chi connectivity index (χ2n) is 6.59. The fourth-order valence-electron chi connectivity index (χ4n) is 2.76. The number of ether oxygens (including phenoxy) is 1. The number of aromatic amines is 1. The predicted molar refractivity (Wildman–Crippen MR) is 110 cm³/mol. The summed E-state index contributed by atoms with van der Waals surface area (Å²) in [5.41, 5.74) is 1.65. The van der Waals surface area contributed by atoms with E-state index >= 15 is 0 Å². The first-order valence-corrected chi connectivity index (χ1v) is 9.27. The topological polar surface area (TPSA) is 156 Å². The number of anilines is 1. The molecule has 0 radical (unpaired) electrons. The Balaban J connectivity index is 1.43. The number of nitrogens with zero attached hydrogens (tertiary/aromatic N) is 2. The minimum Gasteiger partial charge on any atom is -0.456 e. The molecule has 2 aromatic carbocycles. The lowest BCUT2D eigenvalue weighted by molar-refractivity contribution is -0.384. The lowest BCUT2D eigenvalue weighted by atomic mass is 10.2. The molecule has 3 aromatic rings. The van der Waals surface area contributed by atoms with Gasteiger partial charge in [0.25, 0.3) is 17.5 Å². The highest BCUT2D eigenvalue weighted by molar-refractivity contribution is 6.04. The zero-order chi connectivity index (χ0) is 22.4. The highest BCUT2D eigenvalue weighted by atomic mass is 16.6. The lowest BCUT2D eigenvalue weighted by Crippen LogP contribution is -2.28. The van der Waals surface area contributed by atoms with Gasteiger partial charge >= 0.3 is 5.97 Å². The second-order valence-corrected chi connectivity index (χ2v) is 6.59. The number of nitro groups is 1. The first kappa shape index (κ1) is 21.4. The van der Waals surface area contributed by atoms with Gasteiger partial charge in [-0.25, -0.2) is 0 Å². The normalized spacial score (nSPS) is 10.5. The van der Waals surface area contributed by atoms with Crippen LogP contribution in [0.2, 0.25) is 0 Å². The van der Waals surface area contributed by atoms with E-state index in [9.17, 15) is 24.5 Å². The zero-order valence-corrected chi connectivity index (χ0v) is 16.5. The van der Waals surface area contributed by atoms with Crippen molar-refractivity contribution in [2.75, 3.05) is 18.5 Å². The number of aromatic nitrogens is 2. The summed E-state index contributed by atoms with van der Waals surface area (Å²) in [6.45, 7) is 1.12. The molecule has 0 atom stereocenters. The molecule has 0 aliphatic carbocycles. The van der Waals surface area contributed by atoms with Gasteiger partial charge in [-0.05, 0) is 18.6 Å². The lowest BCUT2D eigenvalue weighted by Gasteiger charge is -2.09. The van der Waals surface area contributed by atoms with E-state index in [1.807, 2.05) is 6.07 Å². The van der Waals surface area contributed by atoms with E-state index in [2.05, 4.69) is 20.8 Å². The Morgan fingerprint density at radius 3 is 2.74 bits per heavy atom. The number of amides is 2. The van der Waals surface area contributed by atoms with Gasteiger partial charge in [-0.2, -0.15) is 5.10 Å². The predicted octanol–water partition coefficient (Wildman–Crippen LogP) is 2.08. The molecule has 11 nitrogen and oxygen atoms in total. The van der Waals surface area contributed by atoms with Crippen LogP contribution in [0.15, 0.2) is 42.5 Å². The van der Waals surface area contributed by atoms with Crippen molar-refractivity contribution < 1.29 is 24.0 Å². The Labute approximate surface area is 175 Å². The van der Waals surface area contributed by atoms with Crippen molar-refractivity contribution in [3.8, 4) is 0 Å². The number of benzene rings is 2. The largest absolute Gasteiger partial charge is 0.456 e. The quantitative estimate of drug-likeness (QED) is 0.283. The fourth-order valence-corrected chi connectivity index (χ4v) is 2.76. The molecule has 0 fully saturated rings. The molecule has 11 heteroatoms. The van der Waals surface area contributed by atoms with Crippen LogP contribution in [0.1, 0.15) is 22.5 Å². The van der Waals surface area contributed by atoms with Gasteiger partial charge in [-0.3, -0.25) is 29.6 Å². The number of non-ortho nitro benzene ring substituents is 1. The van der Waals surface area contributed by atoms with E-state index in [1.165, 1.54) is 18.2 Å². The number of nitrogens with one attached hydrogen (secondary N) is 3. The van der Waals surface area contributed by atoms with E-state index in [1.54, 1.807) is 25.1 Å². The number of carbonyl (C=O) groups excluding carboxylic acids is 3. The third kappa shape index (κ3) is 5.41. The molecule has 1 heterocycles. The minimum atomic E-state index is -0.682. The van der Waals surface area contributed by atoms with Crippen LogP contribution in [0.5, 0.6) is 0 Å². The van der Waals surface area contributed by atoms with Crippen LogP contribution < -0.4 is 10.6 Å². The van der Waals surface area contributed by atoms with Gasteiger partial charge in [0.05, 0.1) is 22.5 Å². The average molecular weight is 425 g/mol. The Morgan fingerprint density at radius 1 is 1.19 bits per heavy atom. The fraction of sp³-hybridized carbons (Fsp3) is 0.200. The Kier molecular flexibility index (Phi) is 6.55. The van der Waals surface area contributed by atoms with Gasteiger partial charge in [0.15, 0.2) is 12.3 Å². The summed E-state index contributed by atoms with van der Waals surface area (Å²) in [5, 5.41) is 23.3. The zero-order valence-electron chi connectivity index (χ0n) is 16.5. The van der Waals surface area contributed by atoms with Gasteiger partial charge in [0.1, 0.15) is 0 Å².